The van der Waals surface area contributed by atoms with Gasteiger partial charge in [0.15, 0.2) is 11.4 Å². The van der Waals surface area contributed by atoms with Crippen LogP contribution in [0.25, 0.3) is 16.5 Å². The van der Waals surface area contributed by atoms with E-state index < -0.39 is 18.0 Å². The van der Waals surface area contributed by atoms with Crippen LogP contribution in [0.15, 0.2) is 47.6 Å². The zero-order valence-corrected chi connectivity index (χ0v) is 21.9. The van der Waals surface area contributed by atoms with E-state index in [-0.39, 0.29) is 27.5 Å². The first-order valence-corrected chi connectivity index (χ1v) is 12.7. The number of benzene rings is 1. The molecule has 4 heterocycles. The van der Waals surface area contributed by atoms with Gasteiger partial charge in [0.05, 0.1) is 29.0 Å². The topological polar surface area (TPSA) is 136 Å². The van der Waals surface area contributed by atoms with Gasteiger partial charge in [-0.3, -0.25) is 4.79 Å². The molecule has 1 aromatic carbocycles. The van der Waals surface area contributed by atoms with Crippen molar-refractivity contribution in [3.05, 3.63) is 75.9 Å². The predicted octanol–water partition coefficient (Wildman–Crippen LogP) is 4.90. The number of nitrogens with zero attached hydrogens (tertiary/aromatic N) is 3. The number of aromatic amines is 1. The molecule has 5 rings (SSSR count). The Kier molecular flexibility index (Phi) is 7.29. The Labute approximate surface area is 227 Å². The summed E-state index contributed by atoms with van der Waals surface area (Å²) in [6.07, 6.45) is 8.66. The van der Waals surface area contributed by atoms with Crippen LogP contribution in [0.1, 0.15) is 36.3 Å². The third-order valence-corrected chi connectivity index (χ3v) is 7.27. The quantitative estimate of drug-likeness (QED) is 0.274. The molecule has 0 saturated carbocycles. The fourth-order valence-electron chi connectivity index (χ4n) is 4.56. The van der Waals surface area contributed by atoms with E-state index in [9.17, 15) is 9.18 Å². The number of H-pyrrole nitrogens is 1. The number of furan rings is 1. The molecule has 1 aliphatic heterocycles. The number of hydrogen-bond donors (Lipinski definition) is 3. The summed E-state index contributed by atoms with van der Waals surface area (Å²) in [6, 6.07) is 1.95. The summed E-state index contributed by atoms with van der Waals surface area (Å²) in [6.45, 7) is 2.60. The van der Waals surface area contributed by atoms with Crippen molar-refractivity contribution in [2.75, 3.05) is 18.8 Å². The van der Waals surface area contributed by atoms with Gasteiger partial charge in [-0.2, -0.15) is 0 Å². The van der Waals surface area contributed by atoms with Crippen LogP contribution >= 0.6 is 23.2 Å². The zero-order valence-electron chi connectivity index (χ0n) is 20.4. The van der Waals surface area contributed by atoms with E-state index in [1.54, 1.807) is 36.8 Å². The Hall–Kier alpha value is -3.60. The highest BCUT2D eigenvalue weighted by Gasteiger charge is 2.27. The molecule has 0 unspecified atom stereocenters. The summed E-state index contributed by atoms with van der Waals surface area (Å²) in [5.74, 6) is -0.420. The fraction of sp³-hybridized carbons (Fsp3) is 0.269. The van der Waals surface area contributed by atoms with Gasteiger partial charge in [-0.25, -0.2) is 14.4 Å². The Morgan fingerprint density at radius 2 is 2.16 bits per heavy atom. The highest BCUT2D eigenvalue weighted by molar-refractivity contribution is 6.36. The average molecular weight is 559 g/mol. The van der Waals surface area contributed by atoms with E-state index in [0.29, 0.717) is 42.5 Å². The van der Waals surface area contributed by atoms with Gasteiger partial charge in [0, 0.05) is 53.7 Å². The highest BCUT2D eigenvalue weighted by atomic mass is 35.5. The maximum absolute atomic E-state index is 14.1. The molecule has 5 N–H and O–H groups in total. The van der Waals surface area contributed by atoms with Gasteiger partial charge in [-0.1, -0.05) is 29.3 Å². The molecule has 0 radical (unpaired) electrons. The number of anilines is 1. The van der Waals surface area contributed by atoms with Crippen molar-refractivity contribution in [1.82, 2.24) is 19.9 Å². The second-order valence-electron chi connectivity index (χ2n) is 9.03. The maximum Gasteiger partial charge on any atom is 0.240 e. The Balaban J connectivity index is 1.36. The molecule has 198 valence electrons. The van der Waals surface area contributed by atoms with E-state index in [0.717, 1.165) is 16.8 Å². The van der Waals surface area contributed by atoms with Gasteiger partial charge >= 0.3 is 0 Å². The SMILES string of the molecule is C[C@@H](Oc1c(N)ncc2c(C3=CCN(C(=O)[C@@H](N)Cc4cnc[nH]4)CC3)coc12)c1c(Cl)ccc(F)c1Cl. The molecule has 12 heteroatoms. The molecule has 4 aromatic rings. The minimum absolute atomic E-state index is 0.106. The number of fused-ring (bicyclic) bond motifs is 1. The van der Waals surface area contributed by atoms with Crippen molar-refractivity contribution < 1.29 is 18.3 Å². The van der Waals surface area contributed by atoms with Gasteiger partial charge in [-0.05, 0) is 31.1 Å². The first-order chi connectivity index (χ1) is 18.2. The lowest BCUT2D eigenvalue weighted by atomic mass is 9.99. The van der Waals surface area contributed by atoms with Gasteiger partial charge in [0.1, 0.15) is 11.9 Å². The van der Waals surface area contributed by atoms with Crippen LogP contribution in [0.2, 0.25) is 10.0 Å². The molecule has 0 bridgehead atoms. The molecular formula is C26H25Cl2FN6O3. The highest BCUT2D eigenvalue weighted by Crippen LogP contribution is 2.41. The number of hydrogen-bond acceptors (Lipinski definition) is 7. The Morgan fingerprint density at radius 1 is 1.34 bits per heavy atom. The van der Waals surface area contributed by atoms with E-state index in [1.807, 2.05) is 6.08 Å². The number of halogens is 3. The number of ether oxygens (including phenoxy) is 1. The molecule has 9 nitrogen and oxygen atoms in total. The Morgan fingerprint density at radius 3 is 2.87 bits per heavy atom. The maximum atomic E-state index is 14.1. The monoisotopic (exact) mass is 558 g/mol. The smallest absolute Gasteiger partial charge is 0.240 e. The van der Waals surface area contributed by atoms with Crippen LogP contribution in [0.5, 0.6) is 5.75 Å². The molecule has 1 amide bonds. The van der Waals surface area contributed by atoms with Crippen LogP contribution in [-0.2, 0) is 11.2 Å². The fourth-order valence-corrected chi connectivity index (χ4v) is 5.24. The molecule has 38 heavy (non-hydrogen) atoms. The van der Waals surface area contributed by atoms with Crippen LogP contribution in [-0.4, -0.2) is 44.9 Å². The standard InChI is InChI=1S/C26H25Cl2FN6O3/c1-13(21-18(27)2-3-19(29)22(21)28)38-24-23-16(10-33-25(24)31)17(11-37-23)14-4-6-35(7-5-14)26(36)20(30)8-15-9-32-12-34-15/h2-4,9-13,20H,5-8,30H2,1H3,(H2,31,33)(H,32,34)/t13-,20+/m1/s1. The van der Waals surface area contributed by atoms with E-state index >= 15 is 0 Å². The molecule has 0 aliphatic carbocycles. The van der Waals surface area contributed by atoms with Crippen molar-refractivity contribution in [1.29, 1.82) is 0 Å². The second kappa shape index (κ2) is 10.6. The average Bonchev–Trinajstić information content (AvgIpc) is 3.58. The van der Waals surface area contributed by atoms with E-state index in [1.165, 1.54) is 12.1 Å². The van der Waals surface area contributed by atoms with Gasteiger partial charge in [0.25, 0.3) is 0 Å². The number of nitrogens with two attached hydrogens (primary N) is 2. The minimum atomic E-state index is -0.742. The summed E-state index contributed by atoms with van der Waals surface area (Å²) in [4.78, 5) is 25.8. The Bertz CT molecular complexity index is 1520. The number of amides is 1. The summed E-state index contributed by atoms with van der Waals surface area (Å²) in [5, 5.41) is 0.831. The van der Waals surface area contributed by atoms with E-state index in [2.05, 4.69) is 15.0 Å². The molecule has 0 saturated heterocycles. The van der Waals surface area contributed by atoms with Crippen molar-refractivity contribution >= 4 is 51.5 Å². The number of rotatable bonds is 7. The largest absolute Gasteiger partial charge is 0.478 e. The molecule has 0 spiro atoms. The first kappa shape index (κ1) is 26.0. The van der Waals surface area contributed by atoms with Gasteiger partial charge < -0.3 is 30.5 Å². The van der Waals surface area contributed by atoms with Crippen molar-refractivity contribution in [2.24, 2.45) is 5.73 Å². The van der Waals surface area contributed by atoms with Crippen molar-refractivity contribution in [3.63, 3.8) is 0 Å². The molecule has 0 fully saturated rings. The number of nitrogen functional groups attached to an aromatic ring is 1. The lowest BCUT2D eigenvalue weighted by Gasteiger charge is -2.28. The summed E-state index contributed by atoms with van der Waals surface area (Å²) in [5.41, 5.74) is 15.6. The van der Waals surface area contributed by atoms with Crippen molar-refractivity contribution in [3.8, 4) is 5.75 Å². The van der Waals surface area contributed by atoms with Gasteiger partial charge in [-0.15, -0.1) is 0 Å². The lowest BCUT2D eigenvalue weighted by Crippen LogP contribution is -2.46. The number of carbonyl (C=O) groups is 1. The van der Waals surface area contributed by atoms with Crippen LogP contribution in [0.3, 0.4) is 0 Å². The third-order valence-electron chi connectivity index (χ3n) is 6.56. The lowest BCUT2D eigenvalue weighted by molar-refractivity contribution is -0.132. The summed E-state index contributed by atoms with van der Waals surface area (Å²) >= 11 is 12.4. The molecule has 3 aromatic heterocycles. The van der Waals surface area contributed by atoms with Gasteiger partial charge in [0.2, 0.25) is 11.7 Å². The van der Waals surface area contributed by atoms with Crippen LogP contribution in [0.4, 0.5) is 10.2 Å². The summed E-state index contributed by atoms with van der Waals surface area (Å²) in [7, 11) is 0. The summed E-state index contributed by atoms with van der Waals surface area (Å²) < 4.78 is 26.0. The number of carbonyl (C=O) groups excluding carboxylic acids is 1. The molecular weight excluding hydrogens is 534 g/mol. The van der Waals surface area contributed by atoms with Crippen molar-refractivity contribution in [2.45, 2.75) is 31.9 Å². The predicted molar refractivity (Wildman–Crippen MR) is 143 cm³/mol. The van der Waals surface area contributed by atoms with Crippen LogP contribution in [0, 0.1) is 5.82 Å². The zero-order chi connectivity index (χ0) is 27.0. The minimum Gasteiger partial charge on any atom is -0.478 e. The second-order valence-corrected chi connectivity index (χ2v) is 9.82. The number of aromatic nitrogens is 3. The number of pyridine rings is 1. The number of imidazole rings is 1. The first-order valence-electron chi connectivity index (χ1n) is 11.9. The van der Waals surface area contributed by atoms with E-state index in [4.69, 9.17) is 43.8 Å². The third kappa shape index (κ3) is 4.94. The van der Waals surface area contributed by atoms with Crippen LogP contribution < -0.4 is 16.2 Å². The number of nitrogens with one attached hydrogen (secondary N) is 1. The molecule has 1 aliphatic rings. The molecule has 2 atom stereocenters. The normalized spacial score (nSPS) is 15.4.